The van der Waals surface area contributed by atoms with Gasteiger partial charge in [-0.2, -0.15) is 0 Å². The monoisotopic (exact) mass is 329 g/mol. The van der Waals surface area contributed by atoms with Crippen molar-refractivity contribution in [3.05, 3.63) is 59.4 Å². The molecule has 0 radical (unpaired) electrons. The Hall–Kier alpha value is -2.82. The van der Waals surface area contributed by atoms with E-state index in [9.17, 15) is 9.18 Å². The van der Waals surface area contributed by atoms with Gasteiger partial charge < -0.3 is 14.4 Å². The van der Waals surface area contributed by atoms with Crippen molar-refractivity contribution in [3.63, 3.8) is 0 Å². The number of anilines is 1. The molecule has 0 saturated carbocycles. The highest BCUT2D eigenvalue weighted by atomic mass is 19.1. The van der Waals surface area contributed by atoms with Crippen molar-refractivity contribution >= 4 is 17.7 Å². The molecule has 0 bridgehead atoms. The average Bonchev–Trinajstić information content (AvgIpc) is 2.61. The summed E-state index contributed by atoms with van der Waals surface area (Å²) >= 11 is 0. The van der Waals surface area contributed by atoms with Gasteiger partial charge in [-0.15, -0.1) is 0 Å². The number of nitrogens with zero attached hydrogens (tertiary/aromatic N) is 1. The molecule has 0 unspecified atom stereocenters. The van der Waals surface area contributed by atoms with Gasteiger partial charge in [0.15, 0.2) is 11.5 Å². The van der Waals surface area contributed by atoms with Crippen LogP contribution in [0.3, 0.4) is 0 Å². The molecule has 4 nitrogen and oxygen atoms in total. The summed E-state index contributed by atoms with van der Waals surface area (Å²) in [7, 11) is 4.74. The molecule has 24 heavy (non-hydrogen) atoms. The number of rotatable bonds is 5. The zero-order valence-corrected chi connectivity index (χ0v) is 14.2. The minimum Gasteiger partial charge on any atom is -0.493 e. The molecule has 1 amide bonds. The summed E-state index contributed by atoms with van der Waals surface area (Å²) in [4.78, 5) is 14.1. The predicted octanol–water partition coefficient (Wildman–Crippen LogP) is 3.91. The molecule has 0 aliphatic carbocycles. The van der Waals surface area contributed by atoms with E-state index in [1.165, 1.54) is 24.2 Å². The number of likely N-dealkylation sites (N-methyl/N-ethyl adjacent to an activating group) is 1. The van der Waals surface area contributed by atoms with E-state index >= 15 is 0 Å². The van der Waals surface area contributed by atoms with Gasteiger partial charge >= 0.3 is 0 Å². The Balaban J connectivity index is 2.27. The van der Waals surface area contributed by atoms with Crippen molar-refractivity contribution in [1.82, 2.24) is 0 Å². The lowest BCUT2D eigenvalue weighted by Crippen LogP contribution is -2.26. The highest BCUT2D eigenvalue weighted by Crippen LogP contribution is 2.31. The molecule has 0 aliphatic rings. The van der Waals surface area contributed by atoms with E-state index in [4.69, 9.17) is 9.47 Å². The van der Waals surface area contributed by atoms with Gasteiger partial charge in [-0.05, 0) is 31.2 Å². The van der Waals surface area contributed by atoms with Crippen LogP contribution in [-0.2, 0) is 4.79 Å². The second-order valence-electron chi connectivity index (χ2n) is 5.25. The van der Waals surface area contributed by atoms with Crippen molar-refractivity contribution in [2.75, 3.05) is 26.2 Å². The lowest BCUT2D eigenvalue weighted by molar-refractivity contribution is -0.114. The van der Waals surface area contributed by atoms with Gasteiger partial charge in [0.2, 0.25) is 0 Å². The maximum Gasteiger partial charge on any atom is 0.253 e. The molecule has 0 fully saturated rings. The van der Waals surface area contributed by atoms with Gasteiger partial charge in [0.05, 0.1) is 14.2 Å². The number of ether oxygens (including phenoxy) is 2. The molecule has 0 heterocycles. The Labute approximate surface area is 141 Å². The minimum atomic E-state index is -0.363. The molecule has 126 valence electrons. The first-order valence-corrected chi connectivity index (χ1v) is 7.41. The smallest absolute Gasteiger partial charge is 0.253 e. The zero-order valence-electron chi connectivity index (χ0n) is 14.2. The topological polar surface area (TPSA) is 38.8 Å². The van der Waals surface area contributed by atoms with Crippen LogP contribution in [0.15, 0.2) is 48.0 Å². The maximum atomic E-state index is 13.7. The van der Waals surface area contributed by atoms with E-state index < -0.39 is 0 Å². The van der Waals surface area contributed by atoms with E-state index in [1.807, 2.05) is 0 Å². The van der Waals surface area contributed by atoms with Crippen LogP contribution in [0.4, 0.5) is 10.1 Å². The van der Waals surface area contributed by atoms with E-state index in [1.54, 1.807) is 57.5 Å². The van der Waals surface area contributed by atoms with Crippen LogP contribution in [0.25, 0.3) is 6.08 Å². The van der Waals surface area contributed by atoms with Crippen LogP contribution in [-0.4, -0.2) is 27.2 Å². The fraction of sp³-hybridized carbons (Fsp3) is 0.211. The van der Waals surface area contributed by atoms with Crippen LogP contribution in [0.5, 0.6) is 11.5 Å². The third-order valence-corrected chi connectivity index (χ3v) is 3.67. The van der Waals surface area contributed by atoms with Gasteiger partial charge in [0.25, 0.3) is 5.91 Å². The number of benzene rings is 2. The Morgan fingerprint density at radius 1 is 1.08 bits per heavy atom. The minimum absolute atomic E-state index is 0.231. The number of carbonyl (C=O) groups is 1. The lowest BCUT2D eigenvalue weighted by Gasteiger charge is -2.19. The van der Waals surface area contributed by atoms with E-state index in [0.717, 1.165) is 0 Å². The van der Waals surface area contributed by atoms with Crippen LogP contribution in [0.1, 0.15) is 12.5 Å². The summed E-state index contributed by atoms with van der Waals surface area (Å²) in [5.74, 6) is 0.523. The molecular formula is C19H20FNO3. The van der Waals surface area contributed by atoms with E-state index in [2.05, 4.69) is 0 Å². The summed E-state index contributed by atoms with van der Waals surface area (Å²) in [5.41, 5.74) is 1.46. The van der Waals surface area contributed by atoms with Crippen molar-refractivity contribution in [2.45, 2.75) is 6.92 Å². The summed E-state index contributed by atoms with van der Waals surface area (Å²) < 4.78 is 24.2. The first kappa shape index (κ1) is 17.5. The molecule has 0 N–H and O–H groups in total. The normalized spacial score (nSPS) is 11.1. The summed E-state index contributed by atoms with van der Waals surface area (Å²) in [5, 5.41) is 0. The average molecular weight is 329 g/mol. The molecule has 2 aromatic carbocycles. The quantitative estimate of drug-likeness (QED) is 0.781. The summed E-state index contributed by atoms with van der Waals surface area (Å²) in [6.07, 6.45) is 1.54. The van der Waals surface area contributed by atoms with Gasteiger partial charge in [-0.1, -0.05) is 18.2 Å². The van der Waals surface area contributed by atoms with Gasteiger partial charge in [0, 0.05) is 29.9 Å². The fourth-order valence-electron chi connectivity index (χ4n) is 2.30. The molecule has 5 heteroatoms. The molecule has 0 aromatic heterocycles. The number of halogens is 1. The number of hydrogen-bond acceptors (Lipinski definition) is 3. The fourth-order valence-corrected chi connectivity index (χ4v) is 2.30. The molecule has 2 rings (SSSR count). The lowest BCUT2D eigenvalue weighted by atomic mass is 10.1. The molecule has 2 aromatic rings. The highest BCUT2D eigenvalue weighted by molar-refractivity contribution is 6.07. The Morgan fingerprint density at radius 3 is 2.38 bits per heavy atom. The number of methoxy groups -OCH3 is 2. The van der Waals surface area contributed by atoms with Crippen LogP contribution in [0, 0.1) is 5.82 Å². The van der Waals surface area contributed by atoms with Crippen molar-refractivity contribution in [2.24, 2.45) is 0 Å². The Morgan fingerprint density at radius 2 is 1.75 bits per heavy atom. The Bertz CT molecular complexity index is 771. The summed E-state index contributed by atoms with van der Waals surface area (Å²) in [6.45, 7) is 1.66. The molecule has 0 spiro atoms. The second-order valence-corrected chi connectivity index (χ2v) is 5.25. The number of hydrogen-bond donors (Lipinski definition) is 0. The molecule has 0 atom stereocenters. The molecular weight excluding hydrogens is 309 g/mol. The van der Waals surface area contributed by atoms with E-state index in [-0.39, 0.29) is 11.7 Å². The van der Waals surface area contributed by atoms with Gasteiger partial charge in [-0.25, -0.2) is 4.39 Å². The largest absolute Gasteiger partial charge is 0.493 e. The van der Waals surface area contributed by atoms with Gasteiger partial charge in [0.1, 0.15) is 5.82 Å². The van der Waals surface area contributed by atoms with Crippen LogP contribution in [0.2, 0.25) is 0 Å². The first-order chi connectivity index (χ1) is 11.5. The molecule has 0 saturated heterocycles. The highest BCUT2D eigenvalue weighted by Gasteiger charge is 2.15. The van der Waals surface area contributed by atoms with Gasteiger partial charge in [-0.3, -0.25) is 4.79 Å². The standard InChI is InChI=1S/C19H20FNO3/c1-13(11-14-7-5-6-8-16(14)20)19(22)21(2)15-9-10-17(23-3)18(12-15)24-4/h5-12H,1-4H3/b13-11+. The number of amides is 1. The van der Waals surface area contributed by atoms with E-state index in [0.29, 0.717) is 28.3 Å². The Kier molecular flexibility index (Phi) is 5.58. The third kappa shape index (κ3) is 3.74. The number of carbonyl (C=O) groups excluding carboxylic acids is 1. The molecule has 0 aliphatic heterocycles. The SMILES string of the molecule is COc1ccc(N(C)C(=O)/C(C)=C/c2ccccc2F)cc1OC. The van der Waals surface area contributed by atoms with Crippen molar-refractivity contribution < 1.29 is 18.7 Å². The van der Waals surface area contributed by atoms with Crippen molar-refractivity contribution in [3.8, 4) is 11.5 Å². The first-order valence-electron chi connectivity index (χ1n) is 7.41. The van der Waals surface area contributed by atoms with Crippen LogP contribution < -0.4 is 14.4 Å². The maximum absolute atomic E-state index is 13.7. The zero-order chi connectivity index (χ0) is 17.7. The third-order valence-electron chi connectivity index (χ3n) is 3.67. The summed E-state index contributed by atoms with van der Waals surface area (Å²) in [6, 6.07) is 11.5. The second kappa shape index (κ2) is 7.64. The van der Waals surface area contributed by atoms with Crippen LogP contribution >= 0.6 is 0 Å². The predicted molar refractivity (Wildman–Crippen MR) is 93.0 cm³/mol. The van der Waals surface area contributed by atoms with Crippen molar-refractivity contribution in [1.29, 1.82) is 0 Å².